The van der Waals surface area contributed by atoms with Gasteiger partial charge in [0, 0.05) is 24.7 Å². The number of rotatable bonds is 5. The van der Waals surface area contributed by atoms with E-state index in [-0.39, 0.29) is 0 Å². The highest BCUT2D eigenvalue weighted by Crippen LogP contribution is 2.33. The van der Waals surface area contributed by atoms with Crippen LogP contribution in [0.15, 0.2) is 0 Å². The van der Waals surface area contributed by atoms with Crippen molar-refractivity contribution in [3.8, 4) is 0 Å². The zero-order valence-electron chi connectivity index (χ0n) is 9.63. The maximum absolute atomic E-state index is 3.68. The number of hydrogen-bond acceptors (Lipinski definition) is 2. The molecule has 2 nitrogen and oxygen atoms in total. The number of likely N-dealkylation sites (tertiary alicyclic amines) is 1. The molecule has 2 rings (SSSR count). The molecule has 82 valence electrons. The van der Waals surface area contributed by atoms with Crippen molar-refractivity contribution in [1.29, 1.82) is 0 Å². The van der Waals surface area contributed by atoms with Crippen molar-refractivity contribution in [3.05, 3.63) is 0 Å². The van der Waals surface area contributed by atoms with Gasteiger partial charge in [-0.2, -0.15) is 0 Å². The van der Waals surface area contributed by atoms with E-state index in [4.69, 9.17) is 0 Å². The molecule has 14 heavy (non-hydrogen) atoms. The molecule has 1 saturated heterocycles. The minimum atomic E-state index is 0.775. The summed E-state index contributed by atoms with van der Waals surface area (Å²) in [7, 11) is 0. The monoisotopic (exact) mass is 196 g/mol. The van der Waals surface area contributed by atoms with Crippen molar-refractivity contribution in [2.24, 2.45) is 0 Å². The van der Waals surface area contributed by atoms with E-state index in [0.717, 1.165) is 18.1 Å². The van der Waals surface area contributed by atoms with Crippen LogP contribution in [0.3, 0.4) is 0 Å². The van der Waals surface area contributed by atoms with Gasteiger partial charge in [0.25, 0.3) is 0 Å². The van der Waals surface area contributed by atoms with Gasteiger partial charge in [-0.1, -0.05) is 13.3 Å². The highest BCUT2D eigenvalue weighted by atomic mass is 15.3. The normalized spacial score (nSPS) is 33.9. The lowest BCUT2D eigenvalue weighted by molar-refractivity contribution is 0.255. The van der Waals surface area contributed by atoms with E-state index in [0.29, 0.717) is 0 Å². The van der Waals surface area contributed by atoms with E-state index in [1.807, 2.05) is 0 Å². The quantitative estimate of drug-likeness (QED) is 0.677. The molecule has 1 aliphatic carbocycles. The zero-order valence-corrected chi connectivity index (χ0v) is 9.63. The van der Waals surface area contributed by atoms with Gasteiger partial charge in [-0.25, -0.2) is 0 Å². The number of nitrogens with zero attached hydrogens (tertiary/aromatic N) is 1. The summed E-state index contributed by atoms with van der Waals surface area (Å²) in [4.78, 5) is 2.71. The van der Waals surface area contributed by atoms with Crippen LogP contribution in [0, 0.1) is 0 Å². The first kappa shape index (κ1) is 10.4. The maximum atomic E-state index is 3.68. The van der Waals surface area contributed by atoms with E-state index >= 15 is 0 Å². The van der Waals surface area contributed by atoms with Crippen LogP contribution in [-0.2, 0) is 0 Å². The molecule has 0 spiro atoms. The first-order valence-electron chi connectivity index (χ1n) is 6.30. The molecule has 0 amide bonds. The second-order valence-electron chi connectivity index (χ2n) is 5.02. The van der Waals surface area contributed by atoms with Crippen LogP contribution in [-0.4, -0.2) is 36.1 Å². The molecule has 1 aliphatic heterocycles. The Bertz CT molecular complexity index is 177. The average molecular weight is 196 g/mol. The van der Waals surface area contributed by atoms with Crippen LogP contribution in [0.5, 0.6) is 0 Å². The first-order valence-corrected chi connectivity index (χ1v) is 6.30. The smallest absolute Gasteiger partial charge is 0.0210 e. The second kappa shape index (κ2) is 4.63. The Hall–Kier alpha value is -0.0800. The molecule has 0 aromatic heterocycles. The van der Waals surface area contributed by atoms with Gasteiger partial charge in [0.1, 0.15) is 0 Å². The summed E-state index contributed by atoms with van der Waals surface area (Å²) in [5, 5.41) is 3.68. The molecule has 2 atom stereocenters. The van der Waals surface area contributed by atoms with Crippen molar-refractivity contribution in [3.63, 3.8) is 0 Å². The molecule has 1 N–H and O–H groups in total. The Morgan fingerprint density at radius 2 is 2.14 bits per heavy atom. The van der Waals surface area contributed by atoms with Crippen LogP contribution in [0.4, 0.5) is 0 Å². The molecule has 1 heterocycles. The third kappa shape index (κ3) is 2.48. The topological polar surface area (TPSA) is 15.3 Å². The number of unbranched alkanes of at least 4 members (excludes halogenated alkanes) is 1. The molecule has 0 radical (unpaired) electrons. The maximum Gasteiger partial charge on any atom is 0.0210 e. The highest BCUT2D eigenvalue weighted by Gasteiger charge is 2.38. The van der Waals surface area contributed by atoms with Crippen LogP contribution in [0.2, 0.25) is 0 Å². The Morgan fingerprint density at radius 1 is 1.36 bits per heavy atom. The lowest BCUT2D eigenvalue weighted by Gasteiger charge is -2.19. The summed E-state index contributed by atoms with van der Waals surface area (Å²) in [6.45, 7) is 7.16. The van der Waals surface area contributed by atoms with Gasteiger partial charge in [-0.05, 0) is 39.2 Å². The molecule has 0 aromatic rings. The van der Waals surface area contributed by atoms with Gasteiger partial charge in [0.2, 0.25) is 0 Å². The molecular weight excluding hydrogens is 172 g/mol. The molecular formula is C12H24N2. The first-order chi connectivity index (χ1) is 6.81. The third-order valence-electron chi connectivity index (χ3n) is 3.60. The van der Waals surface area contributed by atoms with Gasteiger partial charge in [0.15, 0.2) is 0 Å². The van der Waals surface area contributed by atoms with E-state index in [1.54, 1.807) is 0 Å². The summed E-state index contributed by atoms with van der Waals surface area (Å²) in [5.41, 5.74) is 0. The summed E-state index contributed by atoms with van der Waals surface area (Å²) < 4.78 is 0. The second-order valence-corrected chi connectivity index (χ2v) is 5.02. The van der Waals surface area contributed by atoms with Crippen LogP contribution >= 0.6 is 0 Å². The third-order valence-corrected chi connectivity index (χ3v) is 3.60. The Morgan fingerprint density at radius 3 is 2.79 bits per heavy atom. The zero-order chi connectivity index (χ0) is 9.97. The minimum absolute atomic E-state index is 0.775. The molecule has 0 aromatic carbocycles. The SMILES string of the molecule is CCCCNC1CC(C)N(C2CC2)C1. The summed E-state index contributed by atoms with van der Waals surface area (Å²) in [6.07, 6.45) is 6.90. The van der Waals surface area contributed by atoms with Crippen LogP contribution < -0.4 is 5.32 Å². The Labute approximate surface area is 88.1 Å². The standard InChI is InChI=1S/C12H24N2/c1-3-4-7-13-11-8-10(2)14(9-11)12-5-6-12/h10-13H,3-9H2,1-2H3. The molecule has 2 heteroatoms. The number of hydrogen-bond donors (Lipinski definition) is 1. The Balaban J connectivity index is 1.69. The van der Waals surface area contributed by atoms with Gasteiger partial charge < -0.3 is 5.32 Å². The fourth-order valence-electron chi connectivity index (χ4n) is 2.60. The van der Waals surface area contributed by atoms with E-state index in [2.05, 4.69) is 24.1 Å². The molecule has 0 bridgehead atoms. The highest BCUT2D eigenvalue weighted by molar-refractivity contribution is 4.95. The minimum Gasteiger partial charge on any atom is -0.313 e. The predicted octanol–water partition coefficient (Wildman–Crippen LogP) is 2.00. The van der Waals surface area contributed by atoms with Crippen LogP contribution in [0.1, 0.15) is 46.0 Å². The van der Waals surface area contributed by atoms with Crippen LogP contribution in [0.25, 0.3) is 0 Å². The number of nitrogens with one attached hydrogen (secondary N) is 1. The molecule has 2 unspecified atom stereocenters. The van der Waals surface area contributed by atoms with Gasteiger partial charge in [0.05, 0.1) is 0 Å². The molecule has 1 saturated carbocycles. The van der Waals surface area contributed by atoms with E-state index in [9.17, 15) is 0 Å². The summed E-state index contributed by atoms with van der Waals surface area (Å²) in [5.74, 6) is 0. The lowest BCUT2D eigenvalue weighted by atomic mass is 10.2. The summed E-state index contributed by atoms with van der Waals surface area (Å²) in [6, 6.07) is 2.54. The van der Waals surface area contributed by atoms with Gasteiger partial charge in [-0.3, -0.25) is 4.90 Å². The van der Waals surface area contributed by atoms with Crippen molar-refractivity contribution in [1.82, 2.24) is 10.2 Å². The van der Waals surface area contributed by atoms with E-state index in [1.165, 1.54) is 45.2 Å². The fraction of sp³-hybridized carbons (Fsp3) is 1.00. The largest absolute Gasteiger partial charge is 0.313 e. The lowest BCUT2D eigenvalue weighted by Crippen LogP contribution is -2.34. The van der Waals surface area contributed by atoms with Crippen molar-refractivity contribution in [2.45, 2.75) is 64.1 Å². The molecule has 2 aliphatic rings. The predicted molar refractivity (Wildman–Crippen MR) is 60.5 cm³/mol. The van der Waals surface area contributed by atoms with Gasteiger partial charge in [-0.15, -0.1) is 0 Å². The molecule has 2 fully saturated rings. The Kier molecular flexibility index (Phi) is 3.45. The summed E-state index contributed by atoms with van der Waals surface area (Å²) >= 11 is 0. The van der Waals surface area contributed by atoms with E-state index < -0.39 is 0 Å². The average Bonchev–Trinajstić information content (AvgIpc) is 2.92. The fourth-order valence-corrected chi connectivity index (χ4v) is 2.60. The van der Waals surface area contributed by atoms with Crippen molar-refractivity contribution in [2.75, 3.05) is 13.1 Å². The van der Waals surface area contributed by atoms with Crippen molar-refractivity contribution >= 4 is 0 Å². The van der Waals surface area contributed by atoms with Gasteiger partial charge >= 0.3 is 0 Å². The van der Waals surface area contributed by atoms with Crippen molar-refractivity contribution < 1.29 is 0 Å².